The van der Waals surface area contributed by atoms with E-state index in [9.17, 15) is 17.6 Å². The average molecular weight is 467 g/mol. The van der Waals surface area contributed by atoms with Gasteiger partial charge in [0.15, 0.2) is 5.65 Å². The van der Waals surface area contributed by atoms with Crippen LogP contribution in [-0.4, -0.2) is 20.2 Å². The number of nitrogens with zero attached hydrogens (tertiary/aromatic N) is 3. The number of halogens is 4. The normalized spacial score (nSPS) is 13.9. The van der Waals surface area contributed by atoms with Crippen LogP contribution in [0.5, 0.6) is 0 Å². The Kier molecular flexibility index (Phi) is 5.34. The van der Waals surface area contributed by atoms with Crippen molar-refractivity contribution in [3.63, 3.8) is 0 Å². The molecule has 9 heteroatoms. The van der Waals surface area contributed by atoms with Gasteiger partial charge in [-0.2, -0.15) is 18.3 Å². The van der Waals surface area contributed by atoms with Gasteiger partial charge in [-0.15, -0.1) is 0 Å². The maximum Gasteiger partial charge on any atom is 0.418 e. The molecule has 5 rings (SSSR count). The Hall–Kier alpha value is -3.75. The second-order valence-corrected chi connectivity index (χ2v) is 8.57. The molecule has 3 aromatic heterocycles. The van der Waals surface area contributed by atoms with E-state index >= 15 is 0 Å². The number of alkyl halides is 3. The molecule has 5 nitrogen and oxygen atoms in total. The number of nitrogens with one attached hydrogen (secondary N) is 2. The molecule has 0 spiro atoms. The highest BCUT2D eigenvalue weighted by Gasteiger charge is 2.33. The lowest BCUT2D eigenvalue weighted by Crippen LogP contribution is -2.10. The number of H-pyrrole nitrogens is 1. The predicted octanol–water partition coefficient (Wildman–Crippen LogP) is 6.53. The minimum absolute atomic E-state index is 0.103. The van der Waals surface area contributed by atoms with Gasteiger partial charge in [0.1, 0.15) is 5.82 Å². The number of hydrogen-bond donors (Lipinski definition) is 2. The number of aromatic amines is 1. The molecule has 0 radical (unpaired) electrons. The Morgan fingerprint density at radius 1 is 1.12 bits per heavy atom. The zero-order chi connectivity index (χ0) is 24.0. The Morgan fingerprint density at radius 2 is 1.91 bits per heavy atom. The predicted molar refractivity (Wildman–Crippen MR) is 122 cm³/mol. The summed E-state index contributed by atoms with van der Waals surface area (Å²) in [5, 5.41) is 11.1. The van der Waals surface area contributed by atoms with Crippen LogP contribution in [0.25, 0.3) is 22.2 Å². The second-order valence-electron chi connectivity index (χ2n) is 8.57. The van der Waals surface area contributed by atoms with E-state index in [0.717, 1.165) is 35.6 Å². The maximum atomic E-state index is 14.9. The number of aromatic nitrogens is 4. The first-order valence-electron chi connectivity index (χ1n) is 10.8. The number of allylic oxidation sites excluding steroid dienone is 1. The van der Waals surface area contributed by atoms with E-state index in [2.05, 4.69) is 32.1 Å². The van der Waals surface area contributed by atoms with Crippen LogP contribution in [-0.2, 0) is 12.6 Å². The number of hydrogen-bond acceptors (Lipinski definition) is 4. The van der Waals surface area contributed by atoms with Crippen LogP contribution in [0.1, 0.15) is 41.3 Å². The summed E-state index contributed by atoms with van der Waals surface area (Å²) in [6.45, 7) is 5.13. The third-order valence-electron chi connectivity index (χ3n) is 5.93. The summed E-state index contributed by atoms with van der Waals surface area (Å²) in [5.41, 5.74) is 3.10. The minimum atomic E-state index is -4.51. The number of rotatable bonds is 6. The third-order valence-corrected chi connectivity index (χ3v) is 5.93. The van der Waals surface area contributed by atoms with Gasteiger partial charge in [0.05, 0.1) is 17.4 Å². The fraction of sp³-hybridized carbons (Fsp3) is 0.240. The highest BCUT2D eigenvalue weighted by Crippen LogP contribution is 2.42. The van der Waals surface area contributed by atoms with Crippen molar-refractivity contribution in [2.45, 2.75) is 38.3 Å². The number of fused-ring (bicyclic) bond motifs is 1. The molecule has 0 bridgehead atoms. The van der Waals surface area contributed by atoms with Crippen molar-refractivity contribution in [2.24, 2.45) is 0 Å². The Morgan fingerprint density at radius 3 is 2.62 bits per heavy atom. The van der Waals surface area contributed by atoms with Crippen LogP contribution >= 0.6 is 0 Å². The van der Waals surface area contributed by atoms with E-state index in [1.807, 2.05) is 6.07 Å². The monoisotopic (exact) mass is 467 g/mol. The summed E-state index contributed by atoms with van der Waals surface area (Å²) in [6.07, 6.45) is 0.803. The Labute approximate surface area is 192 Å². The minimum Gasteiger partial charge on any atom is -0.358 e. The van der Waals surface area contributed by atoms with Crippen molar-refractivity contribution >= 4 is 16.7 Å². The van der Waals surface area contributed by atoms with Crippen molar-refractivity contribution in [3.8, 4) is 11.1 Å². The molecule has 34 heavy (non-hydrogen) atoms. The molecule has 0 unspecified atom stereocenters. The first kappa shape index (κ1) is 22.1. The van der Waals surface area contributed by atoms with Crippen LogP contribution in [0.4, 0.5) is 23.2 Å². The molecule has 0 atom stereocenters. The van der Waals surface area contributed by atoms with E-state index in [4.69, 9.17) is 0 Å². The van der Waals surface area contributed by atoms with Crippen LogP contribution < -0.4 is 5.32 Å². The van der Waals surface area contributed by atoms with E-state index in [0.29, 0.717) is 28.4 Å². The van der Waals surface area contributed by atoms with Crippen molar-refractivity contribution in [1.29, 1.82) is 0 Å². The number of benzene rings is 1. The first-order valence-corrected chi connectivity index (χ1v) is 10.8. The second kappa shape index (κ2) is 8.23. The molecule has 0 aliphatic heterocycles. The van der Waals surface area contributed by atoms with E-state index in [-0.39, 0.29) is 17.8 Å². The third kappa shape index (κ3) is 4.37. The average Bonchev–Trinajstić information content (AvgIpc) is 3.54. The van der Waals surface area contributed by atoms with Gasteiger partial charge in [-0.3, -0.25) is 10.1 Å². The quantitative estimate of drug-likeness (QED) is 0.316. The summed E-state index contributed by atoms with van der Waals surface area (Å²) in [5.74, 6) is 0.0452. The zero-order valence-electron chi connectivity index (χ0n) is 18.3. The molecule has 0 amide bonds. The molecule has 1 aliphatic carbocycles. The van der Waals surface area contributed by atoms with Crippen LogP contribution in [0.15, 0.2) is 55.0 Å². The summed E-state index contributed by atoms with van der Waals surface area (Å²) in [7, 11) is 0. The molecule has 1 aromatic carbocycles. The van der Waals surface area contributed by atoms with Gasteiger partial charge in [0, 0.05) is 46.6 Å². The Balaban J connectivity index is 1.33. The standard InChI is InChI=1S/C25H21F4N5/c1-13(32-19-10-21(25(27,28)29)14(2)30-12-19)7-17-6-5-16(9-22(17)26)18-8-20-23(15-3-4-15)33-34-24(20)31-11-18/h5-6,8-12,15,32H,1,3-4,7H2,2H3,(H,31,33,34). The molecule has 1 aliphatic rings. The van der Waals surface area contributed by atoms with Gasteiger partial charge in [-0.25, -0.2) is 9.37 Å². The van der Waals surface area contributed by atoms with Gasteiger partial charge in [-0.1, -0.05) is 18.7 Å². The molecule has 1 fully saturated rings. The molecular weight excluding hydrogens is 446 g/mol. The van der Waals surface area contributed by atoms with E-state index in [1.165, 1.54) is 19.2 Å². The number of aryl methyl sites for hydroxylation is 1. The summed E-state index contributed by atoms with van der Waals surface area (Å²) < 4.78 is 54.3. The summed E-state index contributed by atoms with van der Waals surface area (Å²) in [4.78, 5) is 8.19. The molecule has 1 saturated carbocycles. The molecule has 4 aromatic rings. The lowest BCUT2D eigenvalue weighted by Gasteiger charge is -2.14. The van der Waals surface area contributed by atoms with Gasteiger partial charge < -0.3 is 5.32 Å². The molecule has 174 valence electrons. The largest absolute Gasteiger partial charge is 0.418 e. The van der Waals surface area contributed by atoms with E-state index < -0.39 is 17.6 Å². The van der Waals surface area contributed by atoms with Gasteiger partial charge >= 0.3 is 6.18 Å². The first-order chi connectivity index (χ1) is 16.2. The van der Waals surface area contributed by atoms with E-state index in [1.54, 1.807) is 18.3 Å². The topological polar surface area (TPSA) is 66.5 Å². The van der Waals surface area contributed by atoms with Crippen LogP contribution in [0, 0.1) is 12.7 Å². The summed E-state index contributed by atoms with van der Waals surface area (Å²) in [6, 6.07) is 7.81. The van der Waals surface area contributed by atoms with Gasteiger partial charge in [-0.05, 0) is 49.1 Å². The highest BCUT2D eigenvalue weighted by atomic mass is 19.4. The van der Waals surface area contributed by atoms with Crippen molar-refractivity contribution in [3.05, 3.63) is 83.3 Å². The number of pyridine rings is 2. The highest BCUT2D eigenvalue weighted by molar-refractivity contribution is 5.84. The van der Waals surface area contributed by atoms with Crippen LogP contribution in [0.3, 0.4) is 0 Å². The SMILES string of the molecule is C=C(Cc1ccc(-c2cnc3n[nH]c(C4CC4)c3c2)cc1F)Nc1cnc(C)c(C(F)(F)F)c1. The van der Waals surface area contributed by atoms with Crippen molar-refractivity contribution < 1.29 is 17.6 Å². The van der Waals surface area contributed by atoms with Gasteiger partial charge in [0.25, 0.3) is 0 Å². The summed E-state index contributed by atoms with van der Waals surface area (Å²) >= 11 is 0. The molecule has 2 N–H and O–H groups in total. The number of anilines is 1. The van der Waals surface area contributed by atoms with Crippen molar-refractivity contribution in [2.75, 3.05) is 5.32 Å². The fourth-order valence-electron chi connectivity index (χ4n) is 4.00. The molecule has 0 saturated heterocycles. The smallest absolute Gasteiger partial charge is 0.358 e. The van der Waals surface area contributed by atoms with Crippen LogP contribution in [0.2, 0.25) is 0 Å². The zero-order valence-corrected chi connectivity index (χ0v) is 18.3. The molecular formula is C25H21F4N5. The van der Waals surface area contributed by atoms with Crippen molar-refractivity contribution in [1.82, 2.24) is 20.2 Å². The fourth-order valence-corrected chi connectivity index (χ4v) is 4.00. The Bertz CT molecular complexity index is 1400. The molecule has 3 heterocycles. The van der Waals surface area contributed by atoms with Gasteiger partial charge in [0.2, 0.25) is 0 Å². The maximum absolute atomic E-state index is 14.9. The lowest BCUT2D eigenvalue weighted by molar-refractivity contribution is -0.138. The lowest BCUT2D eigenvalue weighted by atomic mass is 10.0.